The van der Waals surface area contributed by atoms with Crippen molar-refractivity contribution in [3.63, 3.8) is 0 Å². The lowest BCUT2D eigenvalue weighted by atomic mass is 10.2. The van der Waals surface area contributed by atoms with Gasteiger partial charge in [0.25, 0.3) is 0 Å². The third-order valence-electron chi connectivity index (χ3n) is 4.84. The van der Waals surface area contributed by atoms with E-state index in [-0.39, 0.29) is 6.10 Å². The van der Waals surface area contributed by atoms with Gasteiger partial charge in [-0.1, -0.05) is 41.5 Å². The average molecular weight is 333 g/mol. The predicted octanol–water partition coefficient (Wildman–Crippen LogP) is 4.08. The molecule has 1 fully saturated rings. The van der Waals surface area contributed by atoms with Crippen molar-refractivity contribution >= 4 is 8.32 Å². The Balaban J connectivity index is 2.58. The third-order valence-corrected chi connectivity index (χ3v) is 10.9. The highest BCUT2D eigenvalue weighted by Crippen LogP contribution is 2.42. The summed E-state index contributed by atoms with van der Waals surface area (Å²) in [5, 5.41) is 10.4. The van der Waals surface area contributed by atoms with Crippen LogP contribution in [0.5, 0.6) is 0 Å². The molecule has 2 atom stereocenters. The van der Waals surface area contributed by atoms with Crippen LogP contribution in [0, 0.1) is 0 Å². The molecule has 5 heteroatoms. The van der Waals surface area contributed by atoms with Gasteiger partial charge in [-0.3, -0.25) is 0 Å². The molecule has 1 N–H and O–H groups in total. The summed E-state index contributed by atoms with van der Waals surface area (Å²) in [5.41, 5.74) is 1.60. The molecule has 1 rings (SSSR count). The minimum Gasteiger partial charge on any atom is -0.413 e. The van der Waals surface area contributed by atoms with Crippen LogP contribution in [0.25, 0.3) is 0 Å². The quantitative estimate of drug-likeness (QED) is 0.680. The van der Waals surface area contributed by atoms with Gasteiger partial charge in [-0.2, -0.15) is 0 Å². The first-order valence-corrected chi connectivity index (χ1v) is 10.8. The molecule has 132 valence electrons. The lowest BCUT2D eigenvalue weighted by molar-refractivity contribution is -0.141. The Morgan fingerprint density at radius 3 is 1.95 bits per heavy atom. The van der Waals surface area contributed by atoms with Gasteiger partial charge in [0.15, 0.2) is 14.1 Å². The van der Waals surface area contributed by atoms with Crippen LogP contribution < -0.4 is 0 Å². The van der Waals surface area contributed by atoms with Gasteiger partial charge in [-0.05, 0) is 30.5 Å². The molecule has 0 aromatic carbocycles. The number of hydrogen-bond acceptors (Lipinski definition) is 4. The van der Waals surface area contributed by atoms with Crippen molar-refractivity contribution in [1.29, 1.82) is 0 Å². The summed E-state index contributed by atoms with van der Waals surface area (Å²) in [6, 6.07) is 0. The Labute approximate surface area is 137 Å². The van der Waals surface area contributed by atoms with Gasteiger partial charge >= 0.3 is 0 Å². The van der Waals surface area contributed by atoms with Crippen molar-refractivity contribution in [1.82, 2.24) is 0 Å². The van der Waals surface area contributed by atoms with E-state index >= 15 is 0 Å². The molecule has 0 bridgehead atoms. The van der Waals surface area contributed by atoms with E-state index in [1.54, 1.807) is 0 Å². The summed E-state index contributed by atoms with van der Waals surface area (Å²) in [6.07, 6.45) is 0.0368. The van der Waals surface area contributed by atoms with Gasteiger partial charge < -0.3 is 19.0 Å². The highest BCUT2D eigenvalue weighted by atomic mass is 28.4. The van der Waals surface area contributed by atoms with Crippen LogP contribution in [0.2, 0.25) is 16.6 Å². The topological polar surface area (TPSA) is 47.9 Å². The molecule has 0 amide bonds. The largest absolute Gasteiger partial charge is 0.413 e. The van der Waals surface area contributed by atoms with E-state index in [0.29, 0.717) is 36.3 Å². The normalized spacial score (nSPS) is 23.7. The first-order valence-electron chi connectivity index (χ1n) is 8.65. The summed E-state index contributed by atoms with van der Waals surface area (Å²) in [7, 11) is -1.91. The molecule has 1 aliphatic heterocycles. The first-order chi connectivity index (χ1) is 10.0. The van der Waals surface area contributed by atoms with Gasteiger partial charge in [0.2, 0.25) is 0 Å². The molecule has 4 nitrogen and oxygen atoms in total. The Morgan fingerprint density at radius 2 is 1.59 bits per heavy atom. The monoisotopic (exact) mass is 332 g/mol. The minimum absolute atomic E-state index is 0.0400. The van der Waals surface area contributed by atoms with E-state index in [4.69, 9.17) is 13.9 Å². The second-order valence-electron chi connectivity index (χ2n) is 7.97. The standard InChI is InChI=1S/C17H36O4Si/c1-12(2)22(13(3)4,14(5)6)20-10-15(18)9-16-11-19-17(7,8)21-16/h12-16,18H,9-11H2,1-8H3/t15-,16+/m1/s1. The van der Waals surface area contributed by atoms with Crippen LogP contribution in [0.4, 0.5) is 0 Å². The maximum absolute atomic E-state index is 10.4. The van der Waals surface area contributed by atoms with Crippen LogP contribution in [-0.4, -0.2) is 44.6 Å². The molecule has 1 heterocycles. The van der Waals surface area contributed by atoms with Gasteiger partial charge in [0.1, 0.15) is 0 Å². The summed E-state index contributed by atoms with van der Waals surface area (Å²) < 4.78 is 17.7. The van der Waals surface area contributed by atoms with Gasteiger partial charge in [-0.25, -0.2) is 0 Å². The molecule has 0 spiro atoms. The molecule has 0 aromatic rings. The van der Waals surface area contributed by atoms with Crippen LogP contribution in [-0.2, 0) is 13.9 Å². The lowest BCUT2D eigenvalue weighted by Gasteiger charge is -2.42. The molecular formula is C17H36O4Si. The zero-order valence-corrected chi connectivity index (χ0v) is 16.7. The van der Waals surface area contributed by atoms with E-state index in [0.717, 1.165) is 0 Å². The SMILES string of the molecule is CC(C)[Si](OC[C@H](O)C[C@H]1COC(C)(C)O1)(C(C)C)C(C)C. The lowest BCUT2D eigenvalue weighted by Crippen LogP contribution is -2.49. The van der Waals surface area contributed by atoms with E-state index in [1.807, 2.05) is 13.8 Å². The van der Waals surface area contributed by atoms with Gasteiger partial charge in [0, 0.05) is 6.42 Å². The zero-order valence-electron chi connectivity index (χ0n) is 15.7. The summed E-state index contributed by atoms with van der Waals surface area (Å²) in [5.74, 6) is -0.530. The zero-order chi connectivity index (χ0) is 17.1. The fourth-order valence-electron chi connectivity index (χ4n) is 3.99. The van der Waals surface area contributed by atoms with Gasteiger partial charge in [-0.15, -0.1) is 0 Å². The fraction of sp³-hybridized carbons (Fsp3) is 1.00. The van der Waals surface area contributed by atoms with Crippen LogP contribution in [0.3, 0.4) is 0 Å². The maximum Gasteiger partial charge on any atom is 0.200 e. The van der Waals surface area contributed by atoms with Crippen molar-refractivity contribution in [2.24, 2.45) is 0 Å². The average Bonchev–Trinajstić information content (AvgIpc) is 2.67. The number of hydrogen-bond donors (Lipinski definition) is 1. The Kier molecular flexibility index (Phi) is 7.08. The van der Waals surface area contributed by atoms with Crippen molar-refractivity contribution in [3.8, 4) is 0 Å². The highest BCUT2D eigenvalue weighted by Gasteiger charge is 2.45. The van der Waals surface area contributed by atoms with E-state index in [9.17, 15) is 5.11 Å². The maximum atomic E-state index is 10.4. The van der Waals surface area contributed by atoms with Crippen molar-refractivity contribution in [2.75, 3.05) is 13.2 Å². The molecule has 0 radical (unpaired) electrons. The smallest absolute Gasteiger partial charge is 0.200 e. The van der Waals surface area contributed by atoms with Crippen molar-refractivity contribution < 1.29 is 19.0 Å². The Morgan fingerprint density at radius 1 is 1.09 bits per heavy atom. The predicted molar refractivity (Wildman–Crippen MR) is 92.5 cm³/mol. The second-order valence-corrected chi connectivity index (χ2v) is 13.4. The van der Waals surface area contributed by atoms with Gasteiger partial charge in [0.05, 0.1) is 25.4 Å². The highest BCUT2D eigenvalue weighted by molar-refractivity contribution is 6.77. The first kappa shape index (κ1) is 20.1. The molecular weight excluding hydrogens is 296 g/mol. The molecule has 0 aliphatic carbocycles. The molecule has 1 aliphatic rings. The van der Waals surface area contributed by atoms with E-state index in [2.05, 4.69) is 41.5 Å². The Bertz CT molecular complexity index is 320. The number of rotatable bonds is 8. The fourth-order valence-corrected chi connectivity index (χ4v) is 9.47. The van der Waals surface area contributed by atoms with Crippen LogP contribution in [0.15, 0.2) is 0 Å². The molecule has 22 heavy (non-hydrogen) atoms. The molecule has 1 saturated heterocycles. The van der Waals surface area contributed by atoms with E-state index < -0.39 is 20.2 Å². The summed E-state index contributed by atoms with van der Waals surface area (Å²) >= 11 is 0. The summed E-state index contributed by atoms with van der Waals surface area (Å²) in [4.78, 5) is 0. The minimum atomic E-state index is -1.91. The number of aliphatic hydroxyl groups excluding tert-OH is 1. The third kappa shape index (κ3) is 4.77. The number of aliphatic hydroxyl groups is 1. The second kappa shape index (κ2) is 7.75. The molecule has 0 saturated carbocycles. The number of ether oxygens (including phenoxy) is 2. The summed E-state index contributed by atoms with van der Waals surface area (Å²) in [6.45, 7) is 18.3. The van der Waals surface area contributed by atoms with Crippen LogP contribution in [0.1, 0.15) is 61.8 Å². The van der Waals surface area contributed by atoms with Crippen molar-refractivity contribution in [3.05, 3.63) is 0 Å². The van der Waals surface area contributed by atoms with Crippen molar-refractivity contribution in [2.45, 2.75) is 96.4 Å². The Hall–Kier alpha value is 0.0569. The van der Waals surface area contributed by atoms with E-state index in [1.165, 1.54) is 0 Å². The molecule has 0 aromatic heterocycles. The van der Waals surface area contributed by atoms with Crippen LogP contribution >= 0.6 is 0 Å². The molecule has 0 unspecified atom stereocenters.